The lowest BCUT2D eigenvalue weighted by Crippen LogP contribution is -2.44. The maximum atomic E-state index is 12.0. The summed E-state index contributed by atoms with van der Waals surface area (Å²) >= 11 is 5.84. The van der Waals surface area contributed by atoms with Gasteiger partial charge in [-0.05, 0) is 30.5 Å². The van der Waals surface area contributed by atoms with Crippen LogP contribution in [0, 0.1) is 0 Å². The number of nitrogens with one attached hydrogen (secondary N) is 1. The normalized spacial score (nSPS) is 11.8. The molecule has 0 aliphatic carbocycles. The Hall–Kier alpha value is -1.75. The number of aliphatic carboxylic acids is 1. The first-order valence-electron chi connectivity index (χ1n) is 6.90. The van der Waals surface area contributed by atoms with Crippen LogP contribution >= 0.6 is 11.6 Å². The molecule has 1 aromatic carbocycles. The molecule has 0 radical (unpaired) electrons. The summed E-state index contributed by atoms with van der Waals surface area (Å²) in [5.74, 6) is -0.914. The van der Waals surface area contributed by atoms with E-state index in [2.05, 4.69) is 5.32 Å². The Bertz CT molecular complexity index is 476. The first-order valence-corrected chi connectivity index (χ1v) is 7.28. The Morgan fingerprint density at radius 2 is 1.95 bits per heavy atom. The van der Waals surface area contributed by atoms with Crippen molar-refractivity contribution in [3.63, 3.8) is 0 Å². The van der Waals surface area contributed by atoms with Gasteiger partial charge < -0.3 is 15.3 Å². The third-order valence-electron chi connectivity index (χ3n) is 3.22. The number of benzene rings is 1. The average molecular weight is 313 g/mol. The summed E-state index contributed by atoms with van der Waals surface area (Å²) in [4.78, 5) is 23.9. The van der Waals surface area contributed by atoms with Crippen molar-refractivity contribution < 1.29 is 14.7 Å². The Labute approximate surface area is 129 Å². The molecule has 0 aromatic heterocycles. The predicted molar refractivity (Wildman–Crippen MR) is 82.6 cm³/mol. The average Bonchev–Trinajstić information content (AvgIpc) is 2.46. The number of halogens is 1. The van der Waals surface area contributed by atoms with Crippen molar-refractivity contribution in [1.29, 1.82) is 0 Å². The van der Waals surface area contributed by atoms with E-state index in [9.17, 15) is 9.59 Å². The molecule has 1 aromatic rings. The van der Waals surface area contributed by atoms with Gasteiger partial charge in [-0.1, -0.05) is 30.7 Å². The van der Waals surface area contributed by atoms with Crippen LogP contribution in [-0.2, 0) is 11.2 Å². The molecule has 116 valence electrons. The summed E-state index contributed by atoms with van der Waals surface area (Å²) in [6, 6.07) is 7.27. The van der Waals surface area contributed by atoms with Crippen molar-refractivity contribution in [2.45, 2.75) is 32.2 Å². The highest BCUT2D eigenvalue weighted by Gasteiger charge is 2.15. The molecule has 1 unspecified atom stereocenters. The Morgan fingerprint density at radius 3 is 2.48 bits per heavy atom. The van der Waals surface area contributed by atoms with E-state index in [1.165, 1.54) is 4.90 Å². The molecule has 6 heteroatoms. The molecule has 1 atom stereocenters. The number of hydrogen-bond acceptors (Lipinski definition) is 2. The minimum atomic E-state index is -0.914. The number of carboxylic acids is 1. The van der Waals surface area contributed by atoms with Crippen LogP contribution in [0.3, 0.4) is 0 Å². The monoisotopic (exact) mass is 312 g/mol. The summed E-state index contributed by atoms with van der Waals surface area (Å²) in [5.41, 5.74) is 1.10. The molecule has 0 fully saturated rings. The van der Waals surface area contributed by atoms with E-state index < -0.39 is 5.97 Å². The van der Waals surface area contributed by atoms with Crippen LogP contribution in [-0.4, -0.2) is 41.6 Å². The highest BCUT2D eigenvalue weighted by molar-refractivity contribution is 6.30. The number of hydrogen-bond donors (Lipinski definition) is 2. The first kappa shape index (κ1) is 17.3. The zero-order valence-electron chi connectivity index (χ0n) is 12.3. The number of carboxylic acid groups (broad SMARTS) is 1. The van der Waals surface area contributed by atoms with Crippen molar-refractivity contribution in [3.05, 3.63) is 34.9 Å². The van der Waals surface area contributed by atoms with Crippen LogP contribution in [0.15, 0.2) is 24.3 Å². The Kier molecular flexibility index (Phi) is 7.02. The zero-order valence-corrected chi connectivity index (χ0v) is 13.1. The number of carbonyl (C=O) groups is 2. The second-order valence-corrected chi connectivity index (χ2v) is 5.39. The van der Waals surface area contributed by atoms with Gasteiger partial charge in [0.2, 0.25) is 0 Å². The van der Waals surface area contributed by atoms with Gasteiger partial charge in [-0.3, -0.25) is 4.79 Å². The van der Waals surface area contributed by atoms with Gasteiger partial charge in [-0.25, -0.2) is 4.79 Å². The third-order valence-corrected chi connectivity index (χ3v) is 3.48. The van der Waals surface area contributed by atoms with Crippen molar-refractivity contribution >= 4 is 23.6 Å². The summed E-state index contributed by atoms with van der Waals surface area (Å²) in [6.45, 7) is 2.19. The molecule has 5 nitrogen and oxygen atoms in total. The first-order chi connectivity index (χ1) is 9.92. The lowest BCUT2D eigenvalue weighted by molar-refractivity contribution is -0.137. The molecule has 0 aliphatic rings. The molecule has 2 N–H and O–H groups in total. The molecule has 1 rings (SSSR count). The number of rotatable bonds is 7. The van der Waals surface area contributed by atoms with E-state index in [-0.39, 0.29) is 25.0 Å². The van der Waals surface area contributed by atoms with E-state index in [4.69, 9.17) is 16.7 Å². The molecular formula is C15H21ClN2O3. The van der Waals surface area contributed by atoms with Crippen LogP contribution < -0.4 is 5.32 Å². The molecule has 0 bridgehead atoms. The van der Waals surface area contributed by atoms with Crippen molar-refractivity contribution in [3.8, 4) is 0 Å². The highest BCUT2D eigenvalue weighted by Crippen LogP contribution is 2.12. The van der Waals surface area contributed by atoms with Crippen LogP contribution in [0.1, 0.15) is 25.3 Å². The fourth-order valence-electron chi connectivity index (χ4n) is 1.85. The second-order valence-electron chi connectivity index (χ2n) is 4.95. The third kappa shape index (κ3) is 6.49. The van der Waals surface area contributed by atoms with Gasteiger partial charge in [0, 0.05) is 24.7 Å². The summed E-state index contributed by atoms with van der Waals surface area (Å²) in [6.07, 6.45) is 1.45. The van der Waals surface area contributed by atoms with E-state index in [0.717, 1.165) is 12.0 Å². The second kappa shape index (κ2) is 8.52. The van der Waals surface area contributed by atoms with Crippen LogP contribution in [0.2, 0.25) is 5.02 Å². The molecule has 0 saturated heterocycles. The van der Waals surface area contributed by atoms with Gasteiger partial charge in [0.15, 0.2) is 0 Å². The Morgan fingerprint density at radius 1 is 1.33 bits per heavy atom. The topological polar surface area (TPSA) is 69.6 Å². The quantitative estimate of drug-likeness (QED) is 0.813. The molecule has 0 aliphatic heterocycles. The lowest BCUT2D eigenvalue weighted by Gasteiger charge is -2.22. The molecule has 0 spiro atoms. The lowest BCUT2D eigenvalue weighted by atomic mass is 10.0. The van der Waals surface area contributed by atoms with Gasteiger partial charge in [0.1, 0.15) is 0 Å². The molecule has 21 heavy (non-hydrogen) atoms. The zero-order chi connectivity index (χ0) is 15.8. The number of amides is 2. The Balaban J connectivity index is 2.50. The van der Waals surface area contributed by atoms with Crippen LogP contribution in [0.25, 0.3) is 0 Å². The predicted octanol–water partition coefficient (Wildman–Crippen LogP) is 2.78. The van der Waals surface area contributed by atoms with E-state index >= 15 is 0 Å². The van der Waals surface area contributed by atoms with E-state index in [1.807, 2.05) is 31.2 Å². The molecular weight excluding hydrogens is 292 g/mol. The molecule has 2 amide bonds. The van der Waals surface area contributed by atoms with Crippen molar-refractivity contribution in [2.75, 3.05) is 13.6 Å². The fraction of sp³-hybridized carbons (Fsp3) is 0.467. The van der Waals surface area contributed by atoms with Crippen molar-refractivity contribution in [1.82, 2.24) is 10.2 Å². The standard InChI is InChI=1S/C15H21ClN2O3/c1-3-13(10-11-4-6-12(16)7-5-11)17-15(21)18(2)9-8-14(19)20/h4-7,13H,3,8-10H2,1-2H3,(H,17,21)(H,19,20). The van der Waals surface area contributed by atoms with Gasteiger partial charge in [-0.2, -0.15) is 0 Å². The number of nitrogens with zero attached hydrogens (tertiary/aromatic N) is 1. The molecule has 0 saturated carbocycles. The van der Waals surface area contributed by atoms with Gasteiger partial charge >= 0.3 is 12.0 Å². The minimum absolute atomic E-state index is 0.00551. The maximum Gasteiger partial charge on any atom is 0.317 e. The van der Waals surface area contributed by atoms with E-state index in [1.54, 1.807) is 7.05 Å². The van der Waals surface area contributed by atoms with Crippen LogP contribution in [0.4, 0.5) is 4.79 Å². The van der Waals surface area contributed by atoms with Gasteiger partial charge in [-0.15, -0.1) is 0 Å². The largest absolute Gasteiger partial charge is 0.481 e. The highest BCUT2D eigenvalue weighted by atomic mass is 35.5. The van der Waals surface area contributed by atoms with E-state index in [0.29, 0.717) is 11.4 Å². The fourth-order valence-corrected chi connectivity index (χ4v) is 1.98. The summed E-state index contributed by atoms with van der Waals surface area (Å²) in [7, 11) is 1.59. The minimum Gasteiger partial charge on any atom is -0.481 e. The smallest absolute Gasteiger partial charge is 0.317 e. The molecule has 0 heterocycles. The maximum absolute atomic E-state index is 12.0. The van der Waals surface area contributed by atoms with Crippen molar-refractivity contribution in [2.24, 2.45) is 0 Å². The van der Waals surface area contributed by atoms with Gasteiger partial charge in [0.05, 0.1) is 6.42 Å². The van der Waals surface area contributed by atoms with Crippen LogP contribution in [0.5, 0.6) is 0 Å². The summed E-state index contributed by atoms with van der Waals surface area (Å²) < 4.78 is 0. The SMILES string of the molecule is CCC(Cc1ccc(Cl)cc1)NC(=O)N(C)CCC(=O)O. The van der Waals surface area contributed by atoms with Gasteiger partial charge in [0.25, 0.3) is 0 Å². The number of urea groups is 1. The number of carbonyl (C=O) groups excluding carboxylic acids is 1. The summed E-state index contributed by atoms with van der Waals surface area (Å²) in [5, 5.41) is 12.2.